The Bertz CT molecular complexity index is 1040. The Balaban J connectivity index is 1.59. The van der Waals surface area contributed by atoms with Gasteiger partial charge in [-0.3, -0.25) is 14.7 Å². The molecule has 188 valence electrons. The van der Waals surface area contributed by atoms with Crippen LogP contribution in [0.5, 0.6) is 0 Å². The summed E-state index contributed by atoms with van der Waals surface area (Å²) in [6, 6.07) is 8.06. The van der Waals surface area contributed by atoms with E-state index in [-0.39, 0.29) is 22.3 Å². The van der Waals surface area contributed by atoms with Crippen LogP contribution in [0, 0.1) is 0 Å². The molecule has 11 heteroatoms. The number of likely N-dealkylation sites (tertiary alicyclic amines) is 1. The summed E-state index contributed by atoms with van der Waals surface area (Å²) in [4.78, 5) is 35.7. The first-order chi connectivity index (χ1) is 16.6. The average molecular weight is 509 g/mol. The Hall–Kier alpha value is -2.63. The molecule has 3 amide bonds. The van der Waals surface area contributed by atoms with Crippen LogP contribution in [0.15, 0.2) is 53.7 Å². The number of benzene rings is 1. The molecule has 1 atom stereocenters. The number of pyridine rings is 1. The Labute approximate surface area is 206 Å². The van der Waals surface area contributed by atoms with E-state index in [0.29, 0.717) is 18.7 Å². The zero-order valence-electron chi connectivity index (χ0n) is 19.5. The van der Waals surface area contributed by atoms with E-state index in [9.17, 15) is 22.8 Å². The number of halogens is 3. The van der Waals surface area contributed by atoms with Crippen LogP contribution >= 0.6 is 11.8 Å². The summed E-state index contributed by atoms with van der Waals surface area (Å²) in [7, 11) is 0. The second-order valence-corrected chi connectivity index (χ2v) is 10.1. The summed E-state index contributed by atoms with van der Waals surface area (Å²) in [6.07, 6.45) is 4.65. The molecule has 2 aromatic rings. The number of urea groups is 1. The van der Waals surface area contributed by atoms with E-state index < -0.39 is 29.2 Å². The first-order valence-electron chi connectivity index (χ1n) is 11.4. The number of nitrogens with zero attached hydrogens (tertiary/aromatic N) is 4. The number of hydrogen-bond donors (Lipinski definition) is 0. The number of hydrogen-bond acceptors (Lipinski definition) is 6. The predicted octanol–water partition coefficient (Wildman–Crippen LogP) is 5.05. The van der Waals surface area contributed by atoms with Gasteiger partial charge in [0.05, 0.1) is 12.3 Å². The number of amides is 3. The Morgan fingerprint density at radius 1 is 1.06 bits per heavy atom. The van der Waals surface area contributed by atoms with Gasteiger partial charge in [-0.25, -0.2) is 9.69 Å². The smallest absolute Gasteiger partial charge is 0.353 e. The van der Waals surface area contributed by atoms with Gasteiger partial charge in [0.1, 0.15) is 5.54 Å². The molecule has 2 fully saturated rings. The van der Waals surface area contributed by atoms with Crippen LogP contribution in [0.2, 0.25) is 0 Å². The summed E-state index contributed by atoms with van der Waals surface area (Å²) in [5.41, 5.74) is -4.80. The van der Waals surface area contributed by atoms with Crippen molar-refractivity contribution in [1.29, 1.82) is 0 Å². The van der Waals surface area contributed by atoms with Crippen molar-refractivity contribution in [2.75, 3.05) is 31.1 Å². The maximum absolute atomic E-state index is 13.6. The van der Waals surface area contributed by atoms with Crippen molar-refractivity contribution >= 4 is 29.4 Å². The third kappa shape index (κ3) is 5.62. The summed E-state index contributed by atoms with van der Waals surface area (Å²) in [6.45, 7) is 6.36. The van der Waals surface area contributed by atoms with E-state index in [4.69, 9.17) is 4.74 Å². The fourth-order valence-electron chi connectivity index (χ4n) is 4.38. The van der Waals surface area contributed by atoms with Crippen LogP contribution in [0.25, 0.3) is 0 Å². The monoisotopic (exact) mass is 508 g/mol. The Morgan fingerprint density at radius 3 is 2.29 bits per heavy atom. The number of imide groups is 1. The fraction of sp³-hybridized carbons (Fsp3) is 0.458. The lowest BCUT2D eigenvalue weighted by atomic mass is 10.0. The van der Waals surface area contributed by atoms with Crippen LogP contribution in [-0.2, 0) is 9.53 Å². The zero-order chi connectivity index (χ0) is 25.2. The second-order valence-electron chi connectivity index (χ2n) is 8.95. The normalized spacial score (nSPS) is 19.6. The molecule has 4 rings (SSSR count). The molecule has 2 saturated heterocycles. The number of carbonyl (C=O) groups excluding carboxylic acids is 2. The molecule has 0 spiro atoms. The Morgan fingerprint density at radius 2 is 1.69 bits per heavy atom. The summed E-state index contributed by atoms with van der Waals surface area (Å²) >= 11 is -0.253. The zero-order valence-corrected chi connectivity index (χ0v) is 20.3. The standard InChI is InChI=1S/C24H27F3N4O3S/c1-23(2)21(32)30(18-5-7-19(8-6-18)35-24(25,26)27)22(33)31(23)20(17-9-11-28-12-10-17)34-16-15-29-13-3-4-14-29/h5-12,20H,3-4,13-16H2,1-2H3. The van der Waals surface area contributed by atoms with E-state index in [2.05, 4.69) is 9.88 Å². The van der Waals surface area contributed by atoms with Crippen molar-refractivity contribution in [3.63, 3.8) is 0 Å². The molecule has 0 N–H and O–H groups in total. The fourth-order valence-corrected chi connectivity index (χ4v) is 4.92. The van der Waals surface area contributed by atoms with E-state index in [1.54, 1.807) is 38.4 Å². The lowest BCUT2D eigenvalue weighted by molar-refractivity contribution is -0.130. The highest BCUT2D eigenvalue weighted by atomic mass is 32.2. The molecule has 35 heavy (non-hydrogen) atoms. The summed E-state index contributed by atoms with van der Waals surface area (Å²) < 4.78 is 44.3. The van der Waals surface area contributed by atoms with E-state index in [1.165, 1.54) is 29.2 Å². The van der Waals surface area contributed by atoms with Gasteiger partial charge in [-0.15, -0.1) is 0 Å². The van der Waals surface area contributed by atoms with Crippen molar-refractivity contribution in [3.8, 4) is 0 Å². The summed E-state index contributed by atoms with van der Waals surface area (Å²) in [5, 5.41) is 0. The number of rotatable bonds is 8. The number of anilines is 1. The highest BCUT2D eigenvalue weighted by molar-refractivity contribution is 8.00. The van der Waals surface area contributed by atoms with Gasteiger partial charge in [0.2, 0.25) is 0 Å². The number of alkyl halides is 3. The van der Waals surface area contributed by atoms with Crippen molar-refractivity contribution in [1.82, 2.24) is 14.8 Å². The molecule has 1 aromatic heterocycles. The molecule has 0 saturated carbocycles. The van der Waals surface area contributed by atoms with Crippen LogP contribution < -0.4 is 4.90 Å². The number of aromatic nitrogens is 1. The van der Waals surface area contributed by atoms with E-state index in [1.807, 2.05) is 0 Å². The van der Waals surface area contributed by atoms with Crippen LogP contribution in [0.3, 0.4) is 0 Å². The molecular weight excluding hydrogens is 481 g/mol. The van der Waals surface area contributed by atoms with Gasteiger partial charge in [-0.2, -0.15) is 13.2 Å². The maximum Gasteiger partial charge on any atom is 0.446 e. The van der Waals surface area contributed by atoms with Gasteiger partial charge in [-0.05, 0) is 87.9 Å². The molecule has 0 aliphatic carbocycles. The minimum absolute atomic E-state index is 0.0311. The largest absolute Gasteiger partial charge is 0.446 e. The number of carbonyl (C=O) groups is 2. The molecule has 0 bridgehead atoms. The maximum atomic E-state index is 13.6. The molecular formula is C24H27F3N4O3S. The molecule has 7 nitrogen and oxygen atoms in total. The van der Waals surface area contributed by atoms with Gasteiger partial charge >= 0.3 is 11.5 Å². The summed E-state index contributed by atoms with van der Waals surface area (Å²) in [5.74, 6) is -0.485. The average Bonchev–Trinajstić information content (AvgIpc) is 3.37. The van der Waals surface area contributed by atoms with Crippen molar-refractivity contribution in [2.45, 2.75) is 48.9 Å². The van der Waals surface area contributed by atoms with Gasteiger partial charge in [0.15, 0.2) is 6.23 Å². The number of ether oxygens (including phenoxy) is 1. The first-order valence-corrected chi connectivity index (χ1v) is 12.2. The third-order valence-corrected chi connectivity index (χ3v) is 6.90. The Kier molecular flexibility index (Phi) is 7.39. The van der Waals surface area contributed by atoms with Crippen molar-refractivity contribution in [2.24, 2.45) is 0 Å². The molecule has 1 unspecified atom stereocenters. The van der Waals surface area contributed by atoms with E-state index in [0.717, 1.165) is 30.8 Å². The highest BCUT2D eigenvalue weighted by Gasteiger charge is 2.55. The van der Waals surface area contributed by atoms with Crippen molar-refractivity contribution in [3.05, 3.63) is 54.4 Å². The van der Waals surface area contributed by atoms with Gasteiger partial charge in [0, 0.05) is 29.4 Å². The molecule has 3 heterocycles. The predicted molar refractivity (Wildman–Crippen MR) is 126 cm³/mol. The first kappa shape index (κ1) is 25.5. The number of thioether (sulfide) groups is 1. The molecule has 1 aromatic carbocycles. The molecule has 2 aliphatic heterocycles. The van der Waals surface area contributed by atoms with Crippen LogP contribution in [0.1, 0.15) is 38.5 Å². The van der Waals surface area contributed by atoms with Gasteiger partial charge < -0.3 is 9.64 Å². The van der Waals surface area contributed by atoms with E-state index >= 15 is 0 Å². The molecule has 2 aliphatic rings. The van der Waals surface area contributed by atoms with Gasteiger partial charge in [-0.1, -0.05) is 0 Å². The van der Waals surface area contributed by atoms with Crippen LogP contribution in [-0.4, -0.2) is 64.0 Å². The minimum atomic E-state index is -4.43. The molecule has 0 radical (unpaired) electrons. The minimum Gasteiger partial charge on any atom is -0.353 e. The van der Waals surface area contributed by atoms with Crippen molar-refractivity contribution < 1.29 is 27.5 Å². The lowest BCUT2D eigenvalue weighted by Crippen LogP contribution is -2.47. The second kappa shape index (κ2) is 10.2. The third-order valence-electron chi connectivity index (χ3n) is 6.16. The highest BCUT2D eigenvalue weighted by Crippen LogP contribution is 2.41. The quantitative estimate of drug-likeness (QED) is 0.367. The SMILES string of the molecule is CC1(C)C(=O)N(c2ccc(SC(F)(F)F)cc2)C(=O)N1C(OCCN1CCCC1)c1ccncc1. The van der Waals surface area contributed by atoms with Gasteiger partial charge in [0.25, 0.3) is 5.91 Å². The lowest BCUT2D eigenvalue weighted by Gasteiger charge is -2.35. The van der Waals surface area contributed by atoms with Crippen LogP contribution in [0.4, 0.5) is 23.7 Å². The topological polar surface area (TPSA) is 66.0 Å².